The molecule has 0 bridgehead atoms. The number of carbonyl (C=O) groups excluding carboxylic acids is 1. The fourth-order valence-corrected chi connectivity index (χ4v) is 3.16. The highest BCUT2D eigenvalue weighted by atomic mass is 16.2. The van der Waals surface area contributed by atoms with E-state index in [0.29, 0.717) is 19.0 Å². The van der Waals surface area contributed by atoms with Crippen LogP contribution in [0.15, 0.2) is 24.3 Å². The molecule has 1 saturated heterocycles. The molecule has 3 heteroatoms. The minimum Gasteiger partial charge on any atom is -0.339 e. The van der Waals surface area contributed by atoms with Crippen molar-refractivity contribution in [3.63, 3.8) is 0 Å². The van der Waals surface area contributed by atoms with Gasteiger partial charge in [0.25, 0.3) is 0 Å². The van der Waals surface area contributed by atoms with Gasteiger partial charge in [0, 0.05) is 19.1 Å². The molecule has 110 valence electrons. The predicted molar refractivity (Wildman–Crippen MR) is 82.3 cm³/mol. The van der Waals surface area contributed by atoms with Crippen molar-refractivity contribution in [1.82, 2.24) is 4.90 Å². The summed E-state index contributed by atoms with van der Waals surface area (Å²) in [6.45, 7) is 3.62. The maximum atomic E-state index is 12.6. The molecule has 0 aliphatic carbocycles. The van der Waals surface area contributed by atoms with Gasteiger partial charge >= 0.3 is 0 Å². The lowest BCUT2D eigenvalue weighted by Crippen LogP contribution is -2.44. The maximum Gasteiger partial charge on any atom is 0.227 e. The van der Waals surface area contributed by atoms with E-state index in [1.807, 2.05) is 24.3 Å². The summed E-state index contributed by atoms with van der Waals surface area (Å²) in [7, 11) is 0. The molecule has 1 aromatic carbocycles. The van der Waals surface area contributed by atoms with Crippen molar-refractivity contribution in [2.45, 2.75) is 58.0 Å². The first kappa shape index (κ1) is 15.0. The zero-order chi connectivity index (χ0) is 14.4. The smallest absolute Gasteiger partial charge is 0.227 e. The fourth-order valence-electron chi connectivity index (χ4n) is 3.16. The second-order valence-electron chi connectivity index (χ2n) is 5.68. The Morgan fingerprint density at radius 1 is 1.30 bits per heavy atom. The van der Waals surface area contributed by atoms with Crippen molar-refractivity contribution in [3.8, 4) is 0 Å². The molecule has 1 aliphatic heterocycles. The number of hydrogen-bond donors (Lipinski definition) is 1. The first-order valence-corrected chi connectivity index (χ1v) is 7.82. The first-order valence-electron chi connectivity index (χ1n) is 7.82. The third kappa shape index (κ3) is 3.60. The zero-order valence-corrected chi connectivity index (χ0v) is 12.5. The van der Waals surface area contributed by atoms with Gasteiger partial charge in [-0.1, -0.05) is 37.6 Å². The second-order valence-corrected chi connectivity index (χ2v) is 5.68. The van der Waals surface area contributed by atoms with E-state index in [9.17, 15) is 4.79 Å². The van der Waals surface area contributed by atoms with Gasteiger partial charge in [-0.15, -0.1) is 0 Å². The molecule has 1 heterocycles. The quantitative estimate of drug-likeness (QED) is 0.897. The Bertz CT molecular complexity index is 442. The highest BCUT2D eigenvalue weighted by Gasteiger charge is 2.26. The molecule has 1 atom stereocenters. The number of nitrogens with zero attached hydrogens (tertiary/aromatic N) is 1. The molecule has 2 rings (SSSR count). The van der Waals surface area contributed by atoms with Gasteiger partial charge in [0.15, 0.2) is 0 Å². The van der Waals surface area contributed by atoms with Crippen LogP contribution in [0.5, 0.6) is 0 Å². The Kier molecular flexibility index (Phi) is 5.60. The Labute approximate surface area is 122 Å². The highest BCUT2D eigenvalue weighted by Crippen LogP contribution is 2.22. The molecule has 1 unspecified atom stereocenters. The van der Waals surface area contributed by atoms with E-state index in [0.717, 1.165) is 43.4 Å². The number of benzene rings is 1. The van der Waals surface area contributed by atoms with Crippen LogP contribution in [0, 0.1) is 0 Å². The van der Waals surface area contributed by atoms with E-state index in [4.69, 9.17) is 5.73 Å². The molecular weight excluding hydrogens is 248 g/mol. The third-order valence-corrected chi connectivity index (χ3v) is 4.25. The van der Waals surface area contributed by atoms with Crippen LogP contribution >= 0.6 is 0 Å². The van der Waals surface area contributed by atoms with Crippen LogP contribution in [0.3, 0.4) is 0 Å². The van der Waals surface area contributed by atoms with E-state index in [1.165, 1.54) is 6.42 Å². The van der Waals surface area contributed by atoms with Crippen molar-refractivity contribution >= 4 is 5.91 Å². The number of rotatable bonds is 5. The lowest BCUT2D eigenvalue weighted by atomic mass is 9.96. The molecule has 0 spiro atoms. The number of nitrogens with two attached hydrogens (primary N) is 1. The van der Waals surface area contributed by atoms with Crippen molar-refractivity contribution in [2.75, 3.05) is 6.54 Å². The Balaban J connectivity index is 2.06. The molecule has 1 fully saturated rings. The van der Waals surface area contributed by atoms with Crippen LogP contribution in [0.4, 0.5) is 0 Å². The second kappa shape index (κ2) is 7.44. The van der Waals surface area contributed by atoms with E-state index in [1.54, 1.807) is 0 Å². The Hall–Kier alpha value is -1.35. The van der Waals surface area contributed by atoms with E-state index in [-0.39, 0.29) is 5.91 Å². The third-order valence-electron chi connectivity index (χ3n) is 4.25. The van der Waals surface area contributed by atoms with Gasteiger partial charge in [0.1, 0.15) is 0 Å². The molecule has 1 amide bonds. The van der Waals surface area contributed by atoms with Gasteiger partial charge < -0.3 is 10.6 Å². The molecule has 3 nitrogen and oxygen atoms in total. The van der Waals surface area contributed by atoms with Crippen molar-refractivity contribution in [1.29, 1.82) is 0 Å². The largest absolute Gasteiger partial charge is 0.339 e. The van der Waals surface area contributed by atoms with Crippen molar-refractivity contribution in [3.05, 3.63) is 35.4 Å². The van der Waals surface area contributed by atoms with E-state index in [2.05, 4.69) is 11.8 Å². The number of carbonyl (C=O) groups is 1. The SMILES string of the molecule is CCCC1CCCCN1C(=O)Cc1ccccc1CN. The molecule has 0 saturated carbocycles. The Morgan fingerprint density at radius 3 is 2.75 bits per heavy atom. The van der Waals surface area contributed by atoms with Crippen LogP contribution in [-0.2, 0) is 17.8 Å². The molecule has 2 N–H and O–H groups in total. The molecular formula is C17H26N2O. The van der Waals surface area contributed by atoms with Gasteiger partial charge in [-0.3, -0.25) is 4.79 Å². The summed E-state index contributed by atoms with van der Waals surface area (Å²) in [5, 5.41) is 0. The number of likely N-dealkylation sites (tertiary alicyclic amines) is 1. The predicted octanol–water partition coefficient (Wildman–Crippen LogP) is 2.87. The van der Waals surface area contributed by atoms with Crippen LogP contribution in [0.2, 0.25) is 0 Å². The molecule has 20 heavy (non-hydrogen) atoms. The summed E-state index contributed by atoms with van der Waals surface area (Å²) in [4.78, 5) is 14.7. The lowest BCUT2D eigenvalue weighted by molar-refractivity contribution is -0.134. The maximum absolute atomic E-state index is 12.6. The highest BCUT2D eigenvalue weighted by molar-refractivity contribution is 5.79. The van der Waals surface area contributed by atoms with Gasteiger partial charge in [-0.05, 0) is 36.8 Å². The standard InChI is InChI=1S/C17H26N2O/c1-2-7-16-10-5-6-11-19(16)17(20)12-14-8-3-4-9-15(14)13-18/h3-4,8-9,16H,2,5-7,10-13,18H2,1H3. The molecule has 1 aromatic rings. The minimum atomic E-state index is 0.268. The van der Waals surface area contributed by atoms with Crippen LogP contribution in [-0.4, -0.2) is 23.4 Å². The van der Waals surface area contributed by atoms with Crippen LogP contribution < -0.4 is 5.73 Å². The normalized spacial score (nSPS) is 19.1. The summed E-state index contributed by atoms with van der Waals surface area (Å²) in [5.74, 6) is 0.268. The van der Waals surface area contributed by atoms with Crippen molar-refractivity contribution in [2.24, 2.45) is 5.73 Å². The summed E-state index contributed by atoms with van der Waals surface area (Å²) in [6, 6.07) is 8.46. The number of hydrogen-bond acceptors (Lipinski definition) is 2. The van der Waals surface area contributed by atoms with Gasteiger partial charge in [0.2, 0.25) is 5.91 Å². The zero-order valence-electron chi connectivity index (χ0n) is 12.5. The average molecular weight is 274 g/mol. The number of piperidine rings is 1. The van der Waals surface area contributed by atoms with Crippen LogP contribution in [0.25, 0.3) is 0 Å². The fraction of sp³-hybridized carbons (Fsp3) is 0.588. The summed E-state index contributed by atoms with van der Waals surface area (Å²) < 4.78 is 0. The van der Waals surface area contributed by atoms with Gasteiger partial charge in [0.05, 0.1) is 6.42 Å². The average Bonchev–Trinajstić information content (AvgIpc) is 2.48. The lowest BCUT2D eigenvalue weighted by Gasteiger charge is -2.36. The van der Waals surface area contributed by atoms with Gasteiger partial charge in [-0.2, -0.15) is 0 Å². The Morgan fingerprint density at radius 2 is 2.05 bits per heavy atom. The number of amides is 1. The summed E-state index contributed by atoms with van der Waals surface area (Å²) >= 11 is 0. The van der Waals surface area contributed by atoms with Crippen molar-refractivity contribution < 1.29 is 4.79 Å². The minimum absolute atomic E-state index is 0.268. The topological polar surface area (TPSA) is 46.3 Å². The van der Waals surface area contributed by atoms with Crippen LogP contribution in [0.1, 0.15) is 50.2 Å². The summed E-state index contributed by atoms with van der Waals surface area (Å²) in [5.41, 5.74) is 7.93. The summed E-state index contributed by atoms with van der Waals surface area (Å²) in [6.07, 6.45) is 6.34. The molecule has 0 aromatic heterocycles. The van der Waals surface area contributed by atoms with E-state index < -0.39 is 0 Å². The molecule has 1 aliphatic rings. The monoisotopic (exact) mass is 274 g/mol. The molecule has 0 radical (unpaired) electrons. The first-order chi connectivity index (χ1) is 9.76. The van der Waals surface area contributed by atoms with E-state index >= 15 is 0 Å². The van der Waals surface area contributed by atoms with Gasteiger partial charge in [-0.25, -0.2) is 0 Å².